The summed E-state index contributed by atoms with van der Waals surface area (Å²) in [6.07, 6.45) is 0.597. The quantitative estimate of drug-likeness (QED) is 0.615. The van der Waals surface area contributed by atoms with Gasteiger partial charge < -0.3 is 19.9 Å². The second-order valence-corrected chi connectivity index (χ2v) is 6.33. The van der Waals surface area contributed by atoms with Gasteiger partial charge in [-0.2, -0.15) is 11.8 Å². The molecule has 0 aliphatic heterocycles. The Bertz CT molecular complexity index is 390. The van der Waals surface area contributed by atoms with Crippen LogP contribution < -0.4 is 14.8 Å². The van der Waals surface area contributed by atoms with Gasteiger partial charge in [-0.25, -0.2) is 0 Å². The summed E-state index contributed by atoms with van der Waals surface area (Å²) in [4.78, 5) is 0. The van der Waals surface area contributed by atoms with E-state index in [4.69, 9.17) is 9.47 Å². The lowest BCUT2D eigenvalue weighted by molar-refractivity contribution is 0.104. The molecule has 1 aromatic carbocycles. The van der Waals surface area contributed by atoms with Crippen molar-refractivity contribution in [3.05, 3.63) is 24.3 Å². The maximum absolute atomic E-state index is 9.93. The first kappa shape index (κ1) is 18.1. The number of ether oxygens (including phenoxy) is 2. The number of benzene rings is 1. The molecule has 2 unspecified atom stereocenters. The van der Waals surface area contributed by atoms with E-state index >= 15 is 0 Å². The molecule has 0 bridgehead atoms. The molecular formula is C16H27NO3S. The molecule has 0 aromatic heterocycles. The molecular weight excluding hydrogens is 286 g/mol. The van der Waals surface area contributed by atoms with Crippen molar-refractivity contribution in [3.8, 4) is 11.5 Å². The van der Waals surface area contributed by atoms with E-state index in [2.05, 4.69) is 19.2 Å². The number of hydrogen-bond donors (Lipinski definition) is 2. The number of rotatable bonds is 11. The van der Waals surface area contributed by atoms with Gasteiger partial charge >= 0.3 is 0 Å². The van der Waals surface area contributed by atoms with Gasteiger partial charge in [0.25, 0.3) is 0 Å². The highest BCUT2D eigenvalue weighted by atomic mass is 32.2. The number of nitrogens with one attached hydrogen (secondary N) is 1. The van der Waals surface area contributed by atoms with E-state index in [0.717, 1.165) is 23.7 Å². The molecule has 0 radical (unpaired) electrons. The molecule has 0 saturated carbocycles. The number of thioether (sulfide) groups is 1. The molecule has 0 aliphatic carbocycles. The lowest BCUT2D eigenvalue weighted by Crippen LogP contribution is -2.36. The van der Waals surface area contributed by atoms with Crippen LogP contribution >= 0.6 is 11.8 Å². The standard InChI is InChI=1S/C16H27NO3S/c1-4-21-9-8-13(2)17-11-14(18)12-20-16-7-5-6-15(10-16)19-3/h5-7,10,13-14,17-18H,4,8-9,11-12H2,1-3H3. The Morgan fingerprint density at radius 3 is 2.81 bits per heavy atom. The van der Waals surface area contributed by atoms with Crippen LogP contribution in [0.1, 0.15) is 20.3 Å². The van der Waals surface area contributed by atoms with E-state index in [0.29, 0.717) is 18.3 Å². The average molecular weight is 313 g/mol. The minimum atomic E-state index is -0.516. The van der Waals surface area contributed by atoms with E-state index in [1.165, 1.54) is 0 Å². The summed E-state index contributed by atoms with van der Waals surface area (Å²) < 4.78 is 10.7. The third-order valence-corrected chi connectivity index (χ3v) is 4.02. The van der Waals surface area contributed by atoms with Crippen LogP contribution in [-0.2, 0) is 0 Å². The summed E-state index contributed by atoms with van der Waals surface area (Å²) in [6, 6.07) is 7.81. The minimum absolute atomic E-state index is 0.274. The van der Waals surface area contributed by atoms with Crippen molar-refractivity contribution in [1.82, 2.24) is 5.32 Å². The molecule has 0 fully saturated rings. The van der Waals surface area contributed by atoms with Crippen LogP contribution in [0.4, 0.5) is 0 Å². The van der Waals surface area contributed by atoms with E-state index in [9.17, 15) is 5.11 Å². The Balaban J connectivity index is 2.19. The van der Waals surface area contributed by atoms with Crippen LogP contribution in [0.5, 0.6) is 11.5 Å². The van der Waals surface area contributed by atoms with Crippen LogP contribution in [0.25, 0.3) is 0 Å². The van der Waals surface area contributed by atoms with Crippen molar-refractivity contribution < 1.29 is 14.6 Å². The number of hydrogen-bond acceptors (Lipinski definition) is 5. The highest BCUT2D eigenvalue weighted by Gasteiger charge is 2.08. The largest absolute Gasteiger partial charge is 0.497 e. The second kappa shape index (κ2) is 10.8. The summed E-state index contributed by atoms with van der Waals surface area (Å²) in [5.74, 6) is 3.77. The van der Waals surface area contributed by atoms with Crippen LogP contribution in [-0.4, -0.2) is 49.0 Å². The fourth-order valence-electron chi connectivity index (χ4n) is 1.79. The van der Waals surface area contributed by atoms with Crippen molar-refractivity contribution in [2.45, 2.75) is 32.4 Å². The number of aliphatic hydroxyl groups is 1. The van der Waals surface area contributed by atoms with Gasteiger partial charge in [0, 0.05) is 18.7 Å². The molecule has 0 aliphatic rings. The van der Waals surface area contributed by atoms with Crippen molar-refractivity contribution in [3.63, 3.8) is 0 Å². The fraction of sp³-hybridized carbons (Fsp3) is 0.625. The van der Waals surface area contributed by atoms with E-state index in [1.54, 1.807) is 7.11 Å². The smallest absolute Gasteiger partial charge is 0.123 e. The summed E-state index contributed by atoms with van der Waals surface area (Å²) in [7, 11) is 1.62. The zero-order chi connectivity index (χ0) is 15.5. The van der Waals surface area contributed by atoms with Gasteiger partial charge in [0.1, 0.15) is 24.2 Å². The third kappa shape index (κ3) is 8.19. The first-order chi connectivity index (χ1) is 10.2. The number of aliphatic hydroxyl groups excluding tert-OH is 1. The highest BCUT2D eigenvalue weighted by Crippen LogP contribution is 2.18. The molecule has 0 spiro atoms. The van der Waals surface area contributed by atoms with Gasteiger partial charge in [0.2, 0.25) is 0 Å². The monoisotopic (exact) mass is 313 g/mol. The molecule has 0 saturated heterocycles. The van der Waals surface area contributed by atoms with Gasteiger partial charge in [-0.3, -0.25) is 0 Å². The minimum Gasteiger partial charge on any atom is -0.497 e. The molecule has 0 amide bonds. The van der Waals surface area contributed by atoms with Gasteiger partial charge in [0.05, 0.1) is 7.11 Å². The average Bonchev–Trinajstić information content (AvgIpc) is 2.51. The Hall–Kier alpha value is -0.910. The Morgan fingerprint density at radius 1 is 1.33 bits per heavy atom. The van der Waals surface area contributed by atoms with Crippen molar-refractivity contribution in [1.29, 1.82) is 0 Å². The topological polar surface area (TPSA) is 50.7 Å². The summed E-state index contributed by atoms with van der Waals surface area (Å²) in [6.45, 7) is 5.13. The Kier molecular flexibility index (Phi) is 9.30. The molecule has 4 nitrogen and oxygen atoms in total. The molecule has 1 rings (SSSR count). The molecule has 2 N–H and O–H groups in total. The van der Waals surface area contributed by atoms with E-state index in [-0.39, 0.29) is 6.61 Å². The third-order valence-electron chi connectivity index (χ3n) is 3.08. The predicted molar refractivity (Wildman–Crippen MR) is 89.6 cm³/mol. The summed E-state index contributed by atoms with van der Waals surface area (Å²) >= 11 is 1.94. The van der Waals surface area contributed by atoms with Crippen LogP contribution in [0.2, 0.25) is 0 Å². The molecule has 5 heteroatoms. The van der Waals surface area contributed by atoms with Crippen LogP contribution in [0.3, 0.4) is 0 Å². The van der Waals surface area contributed by atoms with Crippen molar-refractivity contribution >= 4 is 11.8 Å². The van der Waals surface area contributed by atoms with Gasteiger partial charge in [-0.15, -0.1) is 0 Å². The summed E-state index contributed by atoms with van der Waals surface area (Å²) in [5, 5.41) is 13.3. The molecule has 2 atom stereocenters. The van der Waals surface area contributed by atoms with E-state index in [1.807, 2.05) is 36.0 Å². The SMILES string of the molecule is CCSCCC(C)NCC(O)COc1cccc(OC)c1. The Labute approximate surface area is 132 Å². The van der Waals surface area contributed by atoms with Gasteiger partial charge in [0.15, 0.2) is 0 Å². The normalized spacial score (nSPS) is 13.7. The van der Waals surface area contributed by atoms with E-state index < -0.39 is 6.10 Å². The summed E-state index contributed by atoms with van der Waals surface area (Å²) in [5.41, 5.74) is 0. The first-order valence-electron chi connectivity index (χ1n) is 7.41. The lowest BCUT2D eigenvalue weighted by Gasteiger charge is -2.17. The van der Waals surface area contributed by atoms with Gasteiger partial charge in [-0.05, 0) is 37.0 Å². The molecule has 120 valence electrons. The van der Waals surface area contributed by atoms with Crippen LogP contribution in [0, 0.1) is 0 Å². The van der Waals surface area contributed by atoms with Crippen molar-refractivity contribution in [2.75, 3.05) is 31.8 Å². The highest BCUT2D eigenvalue weighted by molar-refractivity contribution is 7.99. The second-order valence-electron chi connectivity index (χ2n) is 4.94. The molecule has 21 heavy (non-hydrogen) atoms. The Morgan fingerprint density at radius 2 is 2.10 bits per heavy atom. The van der Waals surface area contributed by atoms with Crippen LogP contribution in [0.15, 0.2) is 24.3 Å². The number of methoxy groups -OCH3 is 1. The maximum Gasteiger partial charge on any atom is 0.123 e. The molecule has 0 heterocycles. The molecule has 1 aromatic rings. The van der Waals surface area contributed by atoms with Crippen molar-refractivity contribution in [2.24, 2.45) is 0 Å². The zero-order valence-corrected chi connectivity index (χ0v) is 14.0. The fourth-order valence-corrected chi connectivity index (χ4v) is 2.59. The van der Waals surface area contributed by atoms with Gasteiger partial charge in [-0.1, -0.05) is 13.0 Å². The zero-order valence-electron chi connectivity index (χ0n) is 13.2. The maximum atomic E-state index is 9.93. The predicted octanol–water partition coefficient (Wildman–Crippen LogP) is 2.56. The first-order valence-corrected chi connectivity index (χ1v) is 8.57. The lowest BCUT2D eigenvalue weighted by atomic mass is 10.2.